The summed E-state index contributed by atoms with van der Waals surface area (Å²) in [7, 11) is 0. The molecule has 0 bridgehead atoms. The first-order chi connectivity index (χ1) is 10.1. The van der Waals surface area contributed by atoms with Gasteiger partial charge in [-0.1, -0.05) is 25.1 Å². The van der Waals surface area contributed by atoms with Gasteiger partial charge in [-0.25, -0.2) is 9.78 Å². The van der Waals surface area contributed by atoms with Crippen molar-refractivity contribution in [2.24, 2.45) is 0 Å². The van der Waals surface area contributed by atoms with Crippen molar-refractivity contribution in [3.63, 3.8) is 0 Å². The summed E-state index contributed by atoms with van der Waals surface area (Å²) < 4.78 is 0. The van der Waals surface area contributed by atoms with E-state index >= 15 is 0 Å². The number of amides is 2. The lowest BCUT2D eigenvalue weighted by atomic mass is 10.4. The van der Waals surface area contributed by atoms with Gasteiger partial charge in [0.05, 0.1) is 17.7 Å². The number of aromatic nitrogens is 1. The summed E-state index contributed by atoms with van der Waals surface area (Å²) in [5, 5.41) is 6.08. The van der Waals surface area contributed by atoms with Crippen molar-refractivity contribution in [3.8, 4) is 0 Å². The van der Waals surface area contributed by atoms with E-state index in [-0.39, 0.29) is 6.03 Å². The fourth-order valence-electron chi connectivity index (χ4n) is 1.73. The summed E-state index contributed by atoms with van der Waals surface area (Å²) in [5.74, 6) is 0. The number of nitrogens with zero attached hydrogens (tertiary/aromatic N) is 1. The van der Waals surface area contributed by atoms with E-state index in [0.29, 0.717) is 18.3 Å². The number of benzene rings is 1. The minimum Gasteiger partial charge on any atom is -0.337 e. The van der Waals surface area contributed by atoms with Crippen LogP contribution in [-0.4, -0.2) is 22.8 Å². The molecule has 0 fully saturated rings. The van der Waals surface area contributed by atoms with Crippen molar-refractivity contribution in [2.45, 2.75) is 30.5 Å². The van der Waals surface area contributed by atoms with Gasteiger partial charge in [-0.2, -0.15) is 0 Å². The van der Waals surface area contributed by atoms with Crippen molar-refractivity contribution in [2.75, 3.05) is 6.54 Å². The van der Waals surface area contributed by atoms with Crippen LogP contribution in [0.25, 0.3) is 0 Å². The Hall–Kier alpha value is -1.53. The van der Waals surface area contributed by atoms with Crippen LogP contribution in [0.15, 0.2) is 40.7 Å². The molecule has 2 amide bonds. The number of thiazole rings is 1. The molecule has 0 saturated heterocycles. The van der Waals surface area contributed by atoms with Crippen LogP contribution >= 0.6 is 23.1 Å². The fraction of sp³-hybridized carbons (Fsp3) is 0.333. The van der Waals surface area contributed by atoms with E-state index in [1.807, 2.05) is 25.1 Å². The van der Waals surface area contributed by atoms with Crippen LogP contribution in [0.4, 0.5) is 4.79 Å². The van der Waals surface area contributed by atoms with Gasteiger partial charge in [0.25, 0.3) is 0 Å². The highest BCUT2D eigenvalue weighted by Gasteiger charge is 2.08. The molecule has 1 aromatic heterocycles. The molecule has 21 heavy (non-hydrogen) atoms. The highest BCUT2D eigenvalue weighted by atomic mass is 32.2. The monoisotopic (exact) mass is 321 g/mol. The SMILES string of the molecule is Cc1ncsc1CNC(=O)NCC(C)Sc1ccccc1. The predicted octanol–water partition coefficient (Wildman–Crippen LogP) is 3.43. The molecule has 2 rings (SSSR count). The van der Waals surface area contributed by atoms with Crippen LogP contribution < -0.4 is 10.6 Å². The van der Waals surface area contributed by atoms with Gasteiger partial charge < -0.3 is 10.6 Å². The number of rotatable bonds is 6. The molecule has 6 heteroatoms. The maximum Gasteiger partial charge on any atom is 0.315 e. The quantitative estimate of drug-likeness (QED) is 0.802. The van der Waals surface area contributed by atoms with Crippen molar-refractivity contribution in [1.82, 2.24) is 15.6 Å². The number of thioether (sulfide) groups is 1. The number of hydrogen-bond donors (Lipinski definition) is 2. The molecular formula is C15H19N3OS2. The summed E-state index contributed by atoms with van der Waals surface area (Å²) in [6, 6.07) is 10.1. The first-order valence-electron chi connectivity index (χ1n) is 6.77. The Morgan fingerprint density at radius 2 is 2.10 bits per heavy atom. The van der Waals surface area contributed by atoms with Gasteiger partial charge in [-0.3, -0.25) is 0 Å². The third-order valence-electron chi connectivity index (χ3n) is 2.88. The summed E-state index contributed by atoms with van der Waals surface area (Å²) >= 11 is 3.31. The van der Waals surface area contributed by atoms with Crippen LogP contribution in [-0.2, 0) is 6.54 Å². The normalized spacial score (nSPS) is 11.9. The maximum absolute atomic E-state index is 11.8. The zero-order valence-electron chi connectivity index (χ0n) is 12.1. The van der Waals surface area contributed by atoms with E-state index in [2.05, 4.69) is 34.7 Å². The Morgan fingerprint density at radius 3 is 2.76 bits per heavy atom. The highest BCUT2D eigenvalue weighted by Crippen LogP contribution is 2.21. The summed E-state index contributed by atoms with van der Waals surface area (Å²) in [4.78, 5) is 18.2. The van der Waals surface area contributed by atoms with E-state index in [4.69, 9.17) is 0 Å². The van der Waals surface area contributed by atoms with Gasteiger partial charge in [-0.05, 0) is 19.1 Å². The van der Waals surface area contributed by atoms with Crippen molar-refractivity contribution >= 4 is 29.1 Å². The van der Waals surface area contributed by atoms with Gasteiger partial charge in [0, 0.05) is 21.6 Å². The Labute approximate surface area is 133 Å². The Bertz CT molecular complexity index is 571. The number of carbonyl (C=O) groups excluding carboxylic acids is 1. The number of aryl methyl sites for hydroxylation is 1. The zero-order chi connectivity index (χ0) is 15.1. The average Bonchev–Trinajstić information content (AvgIpc) is 2.89. The summed E-state index contributed by atoms with van der Waals surface area (Å²) in [6.07, 6.45) is 0. The fourth-order valence-corrected chi connectivity index (χ4v) is 3.39. The van der Waals surface area contributed by atoms with Crippen molar-refractivity contribution in [3.05, 3.63) is 46.4 Å². The molecule has 0 radical (unpaired) electrons. The smallest absolute Gasteiger partial charge is 0.315 e. The molecule has 1 atom stereocenters. The Balaban J connectivity index is 1.68. The topological polar surface area (TPSA) is 54.0 Å². The third kappa shape index (κ3) is 5.40. The van der Waals surface area contributed by atoms with E-state index in [0.717, 1.165) is 10.6 Å². The molecule has 1 aromatic carbocycles. The zero-order valence-corrected chi connectivity index (χ0v) is 13.8. The largest absolute Gasteiger partial charge is 0.337 e. The van der Waals surface area contributed by atoms with Gasteiger partial charge >= 0.3 is 6.03 Å². The van der Waals surface area contributed by atoms with Crippen molar-refractivity contribution in [1.29, 1.82) is 0 Å². The molecule has 0 spiro atoms. The molecule has 2 N–H and O–H groups in total. The molecule has 2 aromatic rings. The number of urea groups is 1. The van der Waals surface area contributed by atoms with Crippen LogP contribution in [0.5, 0.6) is 0 Å². The molecule has 112 valence electrons. The van der Waals surface area contributed by atoms with Gasteiger partial charge in [-0.15, -0.1) is 23.1 Å². The van der Waals surface area contributed by atoms with E-state index < -0.39 is 0 Å². The van der Waals surface area contributed by atoms with Gasteiger partial charge in [0.2, 0.25) is 0 Å². The standard InChI is InChI=1S/C15H19N3OS2/c1-11(21-13-6-4-3-5-7-13)8-16-15(19)17-9-14-12(2)18-10-20-14/h3-7,10-11H,8-9H2,1-2H3,(H2,16,17,19). The third-order valence-corrected chi connectivity index (χ3v) is 4.93. The second-order valence-electron chi connectivity index (χ2n) is 4.67. The summed E-state index contributed by atoms with van der Waals surface area (Å²) in [5.41, 5.74) is 2.77. The second kappa shape index (κ2) is 8.05. The number of hydrogen-bond acceptors (Lipinski definition) is 4. The van der Waals surface area contributed by atoms with Crippen LogP contribution in [0.3, 0.4) is 0 Å². The molecule has 0 aliphatic carbocycles. The average molecular weight is 321 g/mol. The Morgan fingerprint density at radius 1 is 1.33 bits per heavy atom. The van der Waals surface area contributed by atoms with Gasteiger partial charge in [0.15, 0.2) is 0 Å². The minimum absolute atomic E-state index is 0.136. The van der Waals surface area contributed by atoms with Crippen LogP contribution in [0, 0.1) is 6.92 Å². The molecule has 0 saturated carbocycles. The highest BCUT2D eigenvalue weighted by molar-refractivity contribution is 8.00. The van der Waals surface area contributed by atoms with E-state index in [9.17, 15) is 4.79 Å². The number of nitrogens with one attached hydrogen (secondary N) is 2. The first kappa shape index (κ1) is 15.9. The number of carbonyl (C=O) groups is 1. The molecule has 1 unspecified atom stereocenters. The van der Waals surface area contributed by atoms with Crippen LogP contribution in [0.2, 0.25) is 0 Å². The van der Waals surface area contributed by atoms with Crippen LogP contribution in [0.1, 0.15) is 17.5 Å². The molecule has 1 heterocycles. The predicted molar refractivity (Wildman–Crippen MR) is 88.9 cm³/mol. The molecule has 0 aliphatic heterocycles. The summed E-state index contributed by atoms with van der Waals surface area (Å²) in [6.45, 7) is 5.21. The lowest BCUT2D eigenvalue weighted by Crippen LogP contribution is -2.38. The maximum atomic E-state index is 11.8. The minimum atomic E-state index is -0.136. The Kier molecular flexibility index (Phi) is 6.07. The molecular weight excluding hydrogens is 302 g/mol. The van der Waals surface area contributed by atoms with E-state index in [1.54, 1.807) is 28.6 Å². The molecule has 0 aliphatic rings. The lowest BCUT2D eigenvalue weighted by molar-refractivity contribution is 0.240. The van der Waals surface area contributed by atoms with Crippen molar-refractivity contribution < 1.29 is 4.79 Å². The van der Waals surface area contributed by atoms with E-state index in [1.165, 1.54) is 4.90 Å². The first-order valence-corrected chi connectivity index (χ1v) is 8.53. The molecule has 4 nitrogen and oxygen atoms in total. The van der Waals surface area contributed by atoms with Gasteiger partial charge in [0.1, 0.15) is 0 Å². The second-order valence-corrected chi connectivity index (χ2v) is 7.12. The lowest BCUT2D eigenvalue weighted by Gasteiger charge is -2.13.